The number of likely N-dealkylation sites (N-methyl/N-ethyl adjacent to an activating group) is 1. The largest absolute Gasteiger partial charge is 0.377 e. The van der Waals surface area contributed by atoms with Gasteiger partial charge in [0.1, 0.15) is 5.82 Å². The Morgan fingerprint density at radius 1 is 1.33 bits per heavy atom. The summed E-state index contributed by atoms with van der Waals surface area (Å²) in [7, 11) is 1.89. The van der Waals surface area contributed by atoms with Crippen molar-refractivity contribution in [3.63, 3.8) is 0 Å². The molecule has 0 aliphatic carbocycles. The van der Waals surface area contributed by atoms with Crippen LogP contribution < -0.4 is 5.32 Å². The number of halogens is 1. The van der Waals surface area contributed by atoms with Gasteiger partial charge in [0.25, 0.3) is 0 Å². The fourth-order valence-corrected chi connectivity index (χ4v) is 2.21. The lowest BCUT2D eigenvalue weighted by Gasteiger charge is -2.27. The normalized spacial score (nSPS) is 14.5. The van der Waals surface area contributed by atoms with Gasteiger partial charge in [-0.2, -0.15) is 0 Å². The van der Waals surface area contributed by atoms with Gasteiger partial charge < -0.3 is 10.1 Å². The van der Waals surface area contributed by atoms with Crippen molar-refractivity contribution in [1.82, 2.24) is 5.32 Å². The van der Waals surface area contributed by atoms with E-state index in [1.807, 2.05) is 26.1 Å². The molecule has 0 aliphatic heterocycles. The molecule has 0 aliphatic rings. The molecule has 0 amide bonds. The first-order chi connectivity index (χ1) is 8.63. The number of nitrogens with one attached hydrogen (secondary N) is 1. The summed E-state index contributed by atoms with van der Waals surface area (Å²) in [6.45, 7) is 6.58. The van der Waals surface area contributed by atoms with Gasteiger partial charge >= 0.3 is 0 Å². The molecule has 1 rings (SSSR count). The third-order valence-corrected chi connectivity index (χ3v) is 3.19. The molecule has 0 aromatic heterocycles. The summed E-state index contributed by atoms with van der Waals surface area (Å²) in [4.78, 5) is 0. The molecule has 2 atom stereocenters. The highest BCUT2D eigenvalue weighted by atomic mass is 19.1. The second-order valence-electron chi connectivity index (χ2n) is 4.56. The zero-order chi connectivity index (χ0) is 13.5. The number of aryl methyl sites for hydroxylation is 1. The molecule has 3 heteroatoms. The van der Waals surface area contributed by atoms with Gasteiger partial charge in [-0.1, -0.05) is 25.5 Å². The smallest absolute Gasteiger partial charge is 0.126 e. The van der Waals surface area contributed by atoms with Crippen molar-refractivity contribution in [2.45, 2.75) is 45.8 Å². The van der Waals surface area contributed by atoms with E-state index >= 15 is 0 Å². The minimum absolute atomic E-state index is 0.0417. The molecule has 0 heterocycles. The van der Waals surface area contributed by atoms with E-state index in [-0.39, 0.29) is 18.0 Å². The quantitative estimate of drug-likeness (QED) is 0.801. The van der Waals surface area contributed by atoms with Crippen LogP contribution >= 0.6 is 0 Å². The second kappa shape index (κ2) is 7.49. The van der Waals surface area contributed by atoms with Crippen LogP contribution in [0.2, 0.25) is 0 Å². The van der Waals surface area contributed by atoms with E-state index in [1.165, 1.54) is 0 Å². The van der Waals surface area contributed by atoms with E-state index < -0.39 is 0 Å². The summed E-state index contributed by atoms with van der Waals surface area (Å²) in [5, 5.41) is 3.24. The molecule has 2 unspecified atom stereocenters. The molecule has 0 saturated carbocycles. The van der Waals surface area contributed by atoms with Gasteiger partial charge in [-0.05, 0) is 44.5 Å². The summed E-state index contributed by atoms with van der Waals surface area (Å²) in [5.74, 6) is -0.153. The van der Waals surface area contributed by atoms with Crippen molar-refractivity contribution in [2.24, 2.45) is 0 Å². The summed E-state index contributed by atoms with van der Waals surface area (Å²) < 4.78 is 19.4. The van der Waals surface area contributed by atoms with Crippen LogP contribution in [0.5, 0.6) is 0 Å². The zero-order valence-corrected chi connectivity index (χ0v) is 11.8. The molecule has 2 nitrogen and oxygen atoms in total. The SMILES string of the molecule is CCCC(OCC)C(NC)c1ccc(C)c(F)c1. The van der Waals surface area contributed by atoms with Crippen molar-refractivity contribution in [2.75, 3.05) is 13.7 Å². The summed E-state index contributed by atoms with van der Waals surface area (Å²) in [6, 6.07) is 5.45. The fraction of sp³-hybridized carbons (Fsp3) is 0.600. The Morgan fingerprint density at radius 2 is 2.06 bits per heavy atom. The summed E-state index contributed by atoms with van der Waals surface area (Å²) in [5.41, 5.74) is 1.63. The van der Waals surface area contributed by atoms with Gasteiger partial charge in [-0.3, -0.25) is 0 Å². The van der Waals surface area contributed by atoms with Crippen LogP contribution in [0.4, 0.5) is 4.39 Å². The molecular weight excluding hydrogens is 229 g/mol. The summed E-state index contributed by atoms with van der Waals surface area (Å²) in [6.07, 6.45) is 2.11. The Kier molecular flexibility index (Phi) is 6.30. The molecule has 0 saturated heterocycles. The van der Waals surface area contributed by atoms with Gasteiger partial charge in [-0.25, -0.2) is 4.39 Å². The number of hydrogen-bond donors (Lipinski definition) is 1. The average Bonchev–Trinajstić information content (AvgIpc) is 2.35. The van der Waals surface area contributed by atoms with Crippen LogP contribution in [0.1, 0.15) is 43.9 Å². The zero-order valence-electron chi connectivity index (χ0n) is 11.8. The fourth-order valence-electron chi connectivity index (χ4n) is 2.21. The third-order valence-electron chi connectivity index (χ3n) is 3.19. The molecule has 102 valence electrons. The molecule has 0 bridgehead atoms. The summed E-state index contributed by atoms with van der Waals surface area (Å²) >= 11 is 0. The van der Waals surface area contributed by atoms with Crippen molar-refractivity contribution in [3.05, 3.63) is 35.1 Å². The first-order valence-corrected chi connectivity index (χ1v) is 6.68. The van der Waals surface area contributed by atoms with Crippen molar-refractivity contribution in [1.29, 1.82) is 0 Å². The highest BCUT2D eigenvalue weighted by molar-refractivity contribution is 5.26. The Morgan fingerprint density at radius 3 is 2.56 bits per heavy atom. The molecule has 1 aromatic carbocycles. The van der Waals surface area contributed by atoms with Gasteiger partial charge in [0.2, 0.25) is 0 Å². The predicted octanol–water partition coefficient (Wildman–Crippen LogP) is 3.60. The Bertz CT molecular complexity index is 362. The molecule has 0 spiro atoms. The van der Waals surface area contributed by atoms with Crippen LogP contribution in [0, 0.1) is 12.7 Å². The molecule has 1 N–H and O–H groups in total. The van der Waals surface area contributed by atoms with Crippen LogP contribution in [0.3, 0.4) is 0 Å². The topological polar surface area (TPSA) is 21.3 Å². The number of rotatable bonds is 7. The predicted molar refractivity (Wildman–Crippen MR) is 73.3 cm³/mol. The van der Waals surface area contributed by atoms with Gasteiger partial charge in [0.15, 0.2) is 0 Å². The standard InChI is InChI=1S/C15H24FNO/c1-5-7-14(18-6-2)15(17-4)12-9-8-11(3)13(16)10-12/h8-10,14-15,17H,5-7H2,1-4H3. The average molecular weight is 253 g/mol. The Hall–Kier alpha value is -0.930. The highest BCUT2D eigenvalue weighted by Gasteiger charge is 2.22. The monoisotopic (exact) mass is 253 g/mol. The molecule has 1 aromatic rings. The van der Waals surface area contributed by atoms with Crippen LogP contribution in [0.25, 0.3) is 0 Å². The lowest BCUT2D eigenvalue weighted by molar-refractivity contribution is 0.0295. The van der Waals surface area contributed by atoms with E-state index in [1.54, 1.807) is 13.0 Å². The first-order valence-electron chi connectivity index (χ1n) is 6.68. The lowest BCUT2D eigenvalue weighted by atomic mass is 9.97. The Balaban J connectivity index is 2.94. The molecular formula is C15H24FNO. The van der Waals surface area contributed by atoms with Crippen molar-refractivity contribution in [3.8, 4) is 0 Å². The highest BCUT2D eigenvalue weighted by Crippen LogP contribution is 2.24. The van der Waals surface area contributed by atoms with Gasteiger partial charge in [-0.15, -0.1) is 0 Å². The minimum Gasteiger partial charge on any atom is -0.377 e. The third kappa shape index (κ3) is 3.79. The number of ether oxygens (including phenoxy) is 1. The first kappa shape index (κ1) is 15.1. The van der Waals surface area contributed by atoms with E-state index in [0.717, 1.165) is 18.4 Å². The maximum atomic E-state index is 13.6. The van der Waals surface area contributed by atoms with Crippen LogP contribution in [0.15, 0.2) is 18.2 Å². The molecule has 18 heavy (non-hydrogen) atoms. The van der Waals surface area contributed by atoms with E-state index in [4.69, 9.17) is 4.74 Å². The molecule has 0 fully saturated rings. The van der Waals surface area contributed by atoms with E-state index in [2.05, 4.69) is 12.2 Å². The minimum atomic E-state index is -0.153. The Labute approximate surface area is 110 Å². The van der Waals surface area contributed by atoms with E-state index in [0.29, 0.717) is 12.2 Å². The van der Waals surface area contributed by atoms with Crippen LogP contribution in [-0.4, -0.2) is 19.8 Å². The number of benzene rings is 1. The van der Waals surface area contributed by atoms with Crippen molar-refractivity contribution < 1.29 is 9.13 Å². The number of hydrogen-bond acceptors (Lipinski definition) is 2. The second-order valence-corrected chi connectivity index (χ2v) is 4.56. The van der Waals surface area contributed by atoms with Gasteiger partial charge in [0, 0.05) is 6.61 Å². The van der Waals surface area contributed by atoms with E-state index in [9.17, 15) is 4.39 Å². The van der Waals surface area contributed by atoms with Crippen LogP contribution in [-0.2, 0) is 4.74 Å². The maximum Gasteiger partial charge on any atom is 0.126 e. The maximum absolute atomic E-state index is 13.6. The van der Waals surface area contributed by atoms with Crippen molar-refractivity contribution >= 4 is 0 Å². The van der Waals surface area contributed by atoms with Gasteiger partial charge in [0.05, 0.1) is 12.1 Å². The molecule has 0 radical (unpaired) electrons. The lowest BCUT2D eigenvalue weighted by Crippen LogP contribution is -2.32.